The molecule has 0 fully saturated rings. The molecule has 3 heterocycles. The fourth-order valence-corrected chi connectivity index (χ4v) is 4.15. The summed E-state index contributed by atoms with van der Waals surface area (Å²) < 4.78 is 0. The first-order chi connectivity index (χ1) is 16.7. The van der Waals surface area contributed by atoms with Gasteiger partial charge in [-0.15, -0.1) is 10.2 Å². The van der Waals surface area contributed by atoms with Crippen molar-refractivity contribution in [2.24, 2.45) is 7.05 Å². The number of anilines is 1. The van der Waals surface area contributed by atoms with Crippen LogP contribution in [-0.4, -0.2) is 35.2 Å². The minimum atomic E-state index is 0.583. The predicted molar refractivity (Wildman–Crippen MR) is 132 cm³/mol. The van der Waals surface area contributed by atoms with Gasteiger partial charge >= 0.3 is 0 Å². The van der Waals surface area contributed by atoms with E-state index in [2.05, 4.69) is 56.0 Å². The Hall–Kier alpha value is -4.59. The number of hydrogen-bond acceptors (Lipinski definition) is 6. The topological polar surface area (TPSA) is 97.2 Å². The number of rotatable bonds is 6. The van der Waals surface area contributed by atoms with Gasteiger partial charge in [0.15, 0.2) is 0 Å². The van der Waals surface area contributed by atoms with Crippen LogP contribution in [0.5, 0.6) is 0 Å². The van der Waals surface area contributed by atoms with Crippen LogP contribution in [0.1, 0.15) is 17.0 Å². The van der Waals surface area contributed by atoms with Crippen molar-refractivity contribution in [3.8, 4) is 11.4 Å². The molecule has 0 aliphatic rings. The van der Waals surface area contributed by atoms with Crippen LogP contribution in [-0.2, 0) is 20.0 Å². The molecule has 0 atom stereocenters. The first-order valence-corrected chi connectivity index (χ1v) is 11.1. The number of H-pyrrole nitrogens is 1. The van der Waals surface area contributed by atoms with Crippen molar-refractivity contribution in [1.29, 1.82) is 0 Å². The van der Waals surface area contributed by atoms with Crippen molar-refractivity contribution in [3.63, 3.8) is 0 Å². The molecule has 0 aliphatic carbocycles. The van der Waals surface area contributed by atoms with Crippen LogP contribution >= 0.6 is 0 Å². The molecule has 166 valence electrons. The van der Waals surface area contributed by atoms with Gasteiger partial charge < -0.3 is 10.3 Å². The summed E-state index contributed by atoms with van der Waals surface area (Å²) in [7, 11) is 1.76. The number of aromatic amines is 1. The Bertz CT molecular complexity index is 1590. The zero-order chi connectivity index (χ0) is 22.9. The number of fused-ring (bicyclic) bond motifs is 3. The SMILES string of the molecule is Cn1nnc(-c2ccc3[nH]c4nc(Cc5ccccc5)nc(NCc5ccccc5)c4c3c2)n1. The summed E-state index contributed by atoms with van der Waals surface area (Å²) in [6, 6.07) is 26.7. The van der Waals surface area contributed by atoms with E-state index < -0.39 is 0 Å². The van der Waals surface area contributed by atoms with Crippen molar-refractivity contribution in [2.75, 3.05) is 5.32 Å². The smallest absolute Gasteiger partial charge is 0.204 e. The Kier molecular flexibility index (Phi) is 4.95. The van der Waals surface area contributed by atoms with E-state index in [0.29, 0.717) is 18.8 Å². The lowest BCUT2D eigenvalue weighted by Crippen LogP contribution is -2.06. The first kappa shape index (κ1) is 20.0. The van der Waals surface area contributed by atoms with Crippen LogP contribution in [0.3, 0.4) is 0 Å². The maximum absolute atomic E-state index is 4.95. The van der Waals surface area contributed by atoms with Gasteiger partial charge in [0.2, 0.25) is 5.82 Å². The van der Waals surface area contributed by atoms with Gasteiger partial charge in [-0.2, -0.15) is 4.80 Å². The molecule has 0 unspecified atom stereocenters. The zero-order valence-corrected chi connectivity index (χ0v) is 18.6. The van der Waals surface area contributed by atoms with Crippen LogP contribution in [0.4, 0.5) is 5.82 Å². The van der Waals surface area contributed by atoms with Gasteiger partial charge in [0, 0.05) is 29.4 Å². The lowest BCUT2D eigenvalue weighted by Gasteiger charge is -2.10. The molecular formula is C26H22N8. The van der Waals surface area contributed by atoms with E-state index in [1.807, 2.05) is 48.5 Å². The second kappa shape index (κ2) is 8.40. The number of nitrogens with zero attached hydrogens (tertiary/aromatic N) is 6. The normalized spacial score (nSPS) is 11.3. The monoisotopic (exact) mass is 446 g/mol. The molecule has 6 aromatic rings. The molecule has 0 amide bonds. The average molecular weight is 447 g/mol. The highest BCUT2D eigenvalue weighted by Crippen LogP contribution is 2.32. The highest BCUT2D eigenvalue weighted by atomic mass is 15.6. The fourth-order valence-electron chi connectivity index (χ4n) is 4.15. The number of hydrogen-bond donors (Lipinski definition) is 2. The largest absolute Gasteiger partial charge is 0.365 e. The summed E-state index contributed by atoms with van der Waals surface area (Å²) in [6.07, 6.45) is 0.654. The molecule has 34 heavy (non-hydrogen) atoms. The van der Waals surface area contributed by atoms with Crippen molar-refractivity contribution < 1.29 is 0 Å². The number of tetrazole rings is 1. The molecular weight excluding hydrogens is 424 g/mol. The van der Waals surface area contributed by atoms with Crippen LogP contribution < -0.4 is 5.32 Å². The summed E-state index contributed by atoms with van der Waals surface area (Å²) in [6.45, 7) is 0.663. The van der Waals surface area contributed by atoms with E-state index in [9.17, 15) is 0 Å². The molecule has 0 saturated heterocycles. The second-order valence-electron chi connectivity index (χ2n) is 8.20. The van der Waals surface area contributed by atoms with Gasteiger partial charge in [-0.1, -0.05) is 60.7 Å². The molecule has 8 nitrogen and oxygen atoms in total. The third-order valence-corrected chi connectivity index (χ3v) is 5.77. The lowest BCUT2D eigenvalue weighted by molar-refractivity contribution is 0.630. The van der Waals surface area contributed by atoms with E-state index in [4.69, 9.17) is 9.97 Å². The van der Waals surface area contributed by atoms with E-state index in [-0.39, 0.29) is 0 Å². The summed E-state index contributed by atoms with van der Waals surface area (Å²) in [5.41, 5.74) is 5.03. The Morgan fingerprint density at radius 3 is 2.38 bits per heavy atom. The molecule has 0 aliphatic heterocycles. The molecule has 2 N–H and O–H groups in total. The van der Waals surface area contributed by atoms with E-state index in [1.165, 1.54) is 15.9 Å². The van der Waals surface area contributed by atoms with Crippen LogP contribution in [0, 0.1) is 0 Å². The van der Waals surface area contributed by atoms with Crippen LogP contribution in [0.2, 0.25) is 0 Å². The second-order valence-corrected chi connectivity index (χ2v) is 8.20. The first-order valence-electron chi connectivity index (χ1n) is 11.1. The highest BCUT2D eigenvalue weighted by Gasteiger charge is 2.16. The molecule has 0 saturated carbocycles. The average Bonchev–Trinajstić information content (AvgIpc) is 3.46. The van der Waals surface area contributed by atoms with Gasteiger partial charge in [-0.25, -0.2) is 9.97 Å². The van der Waals surface area contributed by atoms with Crippen LogP contribution in [0.25, 0.3) is 33.3 Å². The van der Waals surface area contributed by atoms with Crippen molar-refractivity contribution in [3.05, 3.63) is 95.8 Å². The van der Waals surface area contributed by atoms with Crippen molar-refractivity contribution in [1.82, 2.24) is 35.2 Å². The highest BCUT2D eigenvalue weighted by molar-refractivity contribution is 6.12. The minimum absolute atomic E-state index is 0.583. The van der Waals surface area contributed by atoms with Crippen molar-refractivity contribution in [2.45, 2.75) is 13.0 Å². The fraction of sp³-hybridized carbons (Fsp3) is 0.115. The van der Waals surface area contributed by atoms with Gasteiger partial charge in [-0.05, 0) is 34.5 Å². The molecule has 3 aromatic carbocycles. The molecule has 0 spiro atoms. The molecule has 0 bridgehead atoms. The Labute approximate surface area is 195 Å². The number of aromatic nitrogens is 7. The summed E-state index contributed by atoms with van der Waals surface area (Å²) in [5.74, 6) is 2.14. The maximum atomic E-state index is 4.95. The van der Waals surface area contributed by atoms with Crippen molar-refractivity contribution >= 4 is 27.8 Å². The molecule has 6 rings (SSSR count). The number of benzene rings is 3. The quantitative estimate of drug-likeness (QED) is 0.391. The molecule has 3 aromatic heterocycles. The number of nitrogens with one attached hydrogen (secondary N) is 2. The van der Waals surface area contributed by atoms with Gasteiger partial charge in [-0.3, -0.25) is 0 Å². The Morgan fingerprint density at radius 2 is 1.65 bits per heavy atom. The summed E-state index contributed by atoms with van der Waals surface area (Å²) in [4.78, 5) is 14.8. The Balaban J connectivity index is 1.48. The standard InChI is InChI=1S/C26H22N8/c1-34-32-24(31-33-34)19-12-13-21-20(15-19)23-25(27-16-18-10-6-3-7-11-18)29-22(30-26(23)28-21)14-17-8-4-2-5-9-17/h2-13,15H,14,16H2,1H3,(H2,27,28,29,30). The van der Waals surface area contributed by atoms with Gasteiger partial charge in [0.25, 0.3) is 0 Å². The van der Waals surface area contributed by atoms with Gasteiger partial charge in [0.1, 0.15) is 17.3 Å². The summed E-state index contributed by atoms with van der Waals surface area (Å²) in [5, 5.41) is 18.0. The molecule has 8 heteroatoms. The van der Waals surface area contributed by atoms with E-state index in [1.54, 1.807) is 7.05 Å². The lowest BCUT2D eigenvalue weighted by atomic mass is 10.1. The zero-order valence-electron chi connectivity index (χ0n) is 18.6. The minimum Gasteiger partial charge on any atom is -0.365 e. The van der Waals surface area contributed by atoms with Gasteiger partial charge in [0.05, 0.1) is 12.4 Å². The van der Waals surface area contributed by atoms with E-state index >= 15 is 0 Å². The third kappa shape index (κ3) is 3.86. The van der Waals surface area contributed by atoms with E-state index in [0.717, 1.165) is 39.1 Å². The maximum Gasteiger partial charge on any atom is 0.204 e. The predicted octanol–water partition coefficient (Wildman–Crippen LogP) is 4.50. The number of aryl methyl sites for hydroxylation is 1. The summed E-state index contributed by atoms with van der Waals surface area (Å²) >= 11 is 0. The third-order valence-electron chi connectivity index (χ3n) is 5.77. The molecule has 0 radical (unpaired) electrons. The van der Waals surface area contributed by atoms with Crippen LogP contribution in [0.15, 0.2) is 78.9 Å². The Morgan fingerprint density at radius 1 is 0.882 bits per heavy atom.